The Morgan fingerprint density at radius 1 is 1.38 bits per heavy atom. The number of nitrogens with one attached hydrogen (secondary N) is 1. The molecule has 0 bridgehead atoms. The van der Waals surface area contributed by atoms with Crippen molar-refractivity contribution in [2.24, 2.45) is 5.92 Å². The zero-order chi connectivity index (χ0) is 12.0. The number of aryl methyl sites for hydroxylation is 2. The summed E-state index contributed by atoms with van der Waals surface area (Å²) in [6.45, 7) is 10.5. The van der Waals surface area contributed by atoms with Crippen molar-refractivity contribution in [2.75, 3.05) is 18.1 Å². The molecule has 16 heavy (non-hydrogen) atoms. The van der Waals surface area contributed by atoms with Gasteiger partial charge in [-0.1, -0.05) is 13.8 Å². The highest BCUT2D eigenvalue weighted by molar-refractivity contribution is 7.99. The summed E-state index contributed by atoms with van der Waals surface area (Å²) in [6.07, 6.45) is 0. The van der Waals surface area contributed by atoms with Crippen LogP contribution in [0.1, 0.15) is 30.9 Å². The Morgan fingerprint density at radius 3 is 2.69 bits per heavy atom. The molecule has 0 unspecified atom stereocenters. The lowest BCUT2D eigenvalue weighted by Gasteiger charge is -2.05. The number of hydrogen-bond acceptors (Lipinski definition) is 3. The second kappa shape index (κ2) is 7.02. The zero-order valence-electron chi connectivity index (χ0n) is 10.8. The molecule has 3 heteroatoms. The summed E-state index contributed by atoms with van der Waals surface area (Å²) >= 11 is 2.01. The van der Waals surface area contributed by atoms with Gasteiger partial charge in [-0.2, -0.15) is 11.8 Å². The fourth-order valence-electron chi connectivity index (χ4n) is 1.41. The average molecular weight is 241 g/mol. The molecule has 0 saturated heterocycles. The van der Waals surface area contributed by atoms with E-state index in [1.807, 2.05) is 18.7 Å². The molecule has 0 amide bonds. The molecule has 0 aliphatic carbocycles. The Labute approximate surface area is 103 Å². The molecule has 0 aromatic carbocycles. The molecule has 0 radical (unpaired) electrons. The van der Waals surface area contributed by atoms with Crippen LogP contribution in [0, 0.1) is 19.8 Å². The molecule has 92 valence electrons. The second-order valence-electron chi connectivity index (χ2n) is 4.60. The fraction of sp³-hybridized carbons (Fsp3) is 0.692. The van der Waals surface area contributed by atoms with Crippen molar-refractivity contribution in [3.05, 3.63) is 23.2 Å². The van der Waals surface area contributed by atoms with Gasteiger partial charge < -0.3 is 9.73 Å². The molecule has 2 nitrogen and oxygen atoms in total. The predicted octanol–water partition coefficient (Wildman–Crippen LogP) is 3.38. The molecular formula is C13H23NOS. The minimum absolute atomic E-state index is 0.792. The first-order chi connectivity index (χ1) is 7.59. The van der Waals surface area contributed by atoms with Gasteiger partial charge in [0.25, 0.3) is 0 Å². The van der Waals surface area contributed by atoms with Gasteiger partial charge in [0, 0.05) is 12.3 Å². The summed E-state index contributed by atoms with van der Waals surface area (Å²) < 4.78 is 5.59. The maximum absolute atomic E-state index is 5.59. The molecule has 0 fully saturated rings. The molecule has 1 heterocycles. The third-order valence-electron chi connectivity index (χ3n) is 2.39. The highest BCUT2D eigenvalue weighted by atomic mass is 32.2. The van der Waals surface area contributed by atoms with E-state index in [1.54, 1.807) is 0 Å². The third-order valence-corrected chi connectivity index (χ3v) is 3.79. The van der Waals surface area contributed by atoms with Gasteiger partial charge in [-0.05, 0) is 37.1 Å². The van der Waals surface area contributed by atoms with E-state index in [1.165, 1.54) is 17.1 Å². The van der Waals surface area contributed by atoms with Gasteiger partial charge in [0.15, 0.2) is 0 Å². The topological polar surface area (TPSA) is 25.2 Å². The van der Waals surface area contributed by atoms with Crippen molar-refractivity contribution >= 4 is 11.8 Å². The highest BCUT2D eigenvalue weighted by Gasteiger charge is 2.02. The van der Waals surface area contributed by atoms with Crippen LogP contribution in [-0.2, 0) is 6.54 Å². The maximum atomic E-state index is 5.59. The van der Waals surface area contributed by atoms with Crippen LogP contribution in [0.3, 0.4) is 0 Å². The minimum atomic E-state index is 0.792. The van der Waals surface area contributed by atoms with Gasteiger partial charge in [0.2, 0.25) is 0 Å². The Balaban J connectivity index is 2.07. The molecule has 0 saturated carbocycles. The van der Waals surface area contributed by atoms with Gasteiger partial charge >= 0.3 is 0 Å². The standard InChI is InChI=1S/C13H23NOS/c1-10(2)9-16-6-5-14-8-13-7-11(3)12(4)15-13/h7,10,14H,5-6,8-9H2,1-4H3. The lowest BCUT2D eigenvalue weighted by molar-refractivity contribution is 0.464. The number of rotatable bonds is 7. The van der Waals surface area contributed by atoms with Gasteiger partial charge in [0.1, 0.15) is 11.5 Å². The van der Waals surface area contributed by atoms with Crippen molar-refractivity contribution in [3.63, 3.8) is 0 Å². The van der Waals surface area contributed by atoms with Crippen LogP contribution >= 0.6 is 11.8 Å². The largest absolute Gasteiger partial charge is 0.465 e. The fourth-order valence-corrected chi connectivity index (χ4v) is 2.34. The molecule has 1 aromatic rings. The van der Waals surface area contributed by atoms with Crippen molar-refractivity contribution in [1.82, 2.24) is 5.32 Å². The minimum Gasteiger partial charge on any atom is -0.465 e. The van der Waals surface area contributed by atoms with Crippen LogP contribution < -0.4 is 5.32 Å². The molecule has 1 N–H and O–H groups in total. The van der Waals surface area contributed by atoms with E-state index < -0.39 is 0 Å². The van der Waals surface area contributed by atoms with Crippen molar-refractivity contribution in [1.29, 1.82) is 0 Å². The highest BCUT2D eigenvalue weighted by Crippen LogP contribution is 2.12. The quantitative estimate of drug-likeness (QED) is 0.741. The number of thioether (sulfide) groups is 1. The van der Waals surface area contributed by atoms with E-state index in [0.29, 0.717) is 0 Å². The first kappa shape index (κ1) is 13.7. The molecule has 0 aliphatic rings. The molecule has 0 spiro atoms. The van der Waals surface area contributed by atoms with Crippen molar-refractivity contribution < 1.29 is 4.42 Å². The first-order valence-corrected chi connectivity index (χ1v) is 7.09. The van der Waals surface area contributed by atoms with E-state index in [-0.39, 0.29) is 0 Å². The van der Waals surface area contributed by atoms with E-state index in [9.17, 15) is 0 Å². The summed E-state index contributed by atoms with van der Waals surface area (Å²) in [6, 6.07) is 2.11. The number of furan rings is 1. The summed E-state index contributed by atoms with van der Waals surface area (Å²) in [4.78, 5) is 0. The van der Waals surface area contributed by atoms with Crippen LogP contribution in [-0.4, -0.2) is 18.1 Å². The first-order valence-electron chi connectivity index (χ1n) is 5.94. The normalized spacial score (nSPS) is 11.3. The molecule has 1 aromatic heterocycles. The maximum Gasteiger partial charge on any atom is 0.118 e. The average Bonchev–Trinajstić information content (AvgIpc) is 2.52. The number of hydrogen-bond donors (Lipinski definition) is 1. The Morgan fingerprint density at radius 2 is 2.12 bits per heavy atom. The SMILES string of the molecule is Cc1cc(CNCCSCC(C)C)oc1C. The Kier molecular flexibility index (Phi) is 5.99. The van der Waals surface area contributed by atoms with Gasteiger partial charge in [-0.15, -0.1) is 0 Å². The Hall–Kier alpha value is -0.410. The molecule has 1 rings (SSSR count). The van der Waals surface area contributed by atoms with Crippen molar-refractivity contribution in [2.45, 2.75) is 34.2 Å². The van der Waals surface area contributed by atoms with Gasteiger partial charge in [-0.25, -0.2) is 0 Å². The van der Waals surface area contributed by atoms with Gasteiger partial charge in [0.05, 0.1) is 6.54 Å². The van der Waals surface area contributed by atoms with E-state index in [4.69, 9.17) is 4.42 Å². The van der Waals surface area contributed by atoms with E-state index in [2.05, 4.69) is 32.2 Å². The molecular weight excluding hydrogens is 218 g/mol. The predicted molar refractivity (Wildman–Crippen MR) is 72.1 cm³/mol. The van der Waals surface area contributed by atoms with Crippen LogP contribution in [0.25, 0.3) is 0 Å². The lowest BCUT2D eigenvalue weighted by Crippen LogP contribution is -2.16. The molecule has 0 aliphatic heterocycles. The summed E-state index contributed by atoms with van der Waals surface area (Å²) in [5.41, 5.74) is 1.24. The second-order valence-corrected chi connectivity index (χ2v) is 5.75. The van der Waals surface area contributed by atoms with E-state index in [0.717, 1.165) is 30.5 Å². The molecule has 0 atom stereocenters. The van der Waals surface area contributed by atoms with Crippen LogP contribution in [0.15, 0.2) is 10.5 Å². The zero-order valence-corrected chi connectivity index (χ0v) is 11.6. The summed E-state index contributed by atoms with van der Waals surface area (Å²) in [7, 11) is 0. The van der Waals surface area contributed by atoms with Crippen LogP contribution in [0.4, 0.5) is 0 Å². The Bertz CT molecular complexity index is 287. The van der Waals surface area contributed by atoms with E-state index >= 15 is 0 Å². The van der Waals surface area contributed by atoms with Crippen LogP contribution in [0.2, 0.25) is 0 Å². The smallest absolute Gasteiger partial charge is 0.118 e. The third kappa shape index (κ3) is 5.08. The van der Waals surface area contributed by atoms with Crippen LogP contribution in [0.5, 0.6) is 0 Å². The lowest BCUT2D eigenvalue weighted by atomic mass is 10.3. The van der Waals surface area contributed by atoms with Gasteiger partial charge in [-0.3, -0.25) is 0 Å². The summed E-state index contributed by atoms with van der Waals surface area (Å²) in [5.74, 6) is 5.30. The monoisotopic (exact) mass is 241 g/mol. The van der Waals surface area contributed by atoms with Crippen molar-refractivity contribution in [3.8, 4) is 0 Å². The summed E-state index contributed by atoms with van der Waals surface area (Å²) in [5, 5.41) is 3.40.